The van der Waals surface area contributed by atoms with Crippen molar-refractivity contribution in [3.63, 3.8) is 0 Å². The fraction of sp³-hybridized carbons (Fsp3) is 0.400. The Bertz CT molecular complexity index is 941. The molecule has 0 saturated carbocycles. The number of anilines is 1. The second kappa shape index (κ2) is 8.43. The number of pyridine rings is 1. The number of amides is 1. The molecule has 3 atom stereocenters. The Labute approximate surface area is 175 Å². The molecule has 1 N–H and O–H groups in total. The maximum Gasteiger partial charge on any atom is 0.417 e. The van der Waals surface area contributed by atoms with Crippen LogP contribution < -0.4 is 10.1 Å². The molecular weight excluding hydrogens is 424 g/mol. The molecule has 0 spiro atoms. The van der Waals surface area contributed by atoms with Crippen molar-refractivity contribution in [1.82, 2.24) is 4.98 Å². The van der Waals surface area contributed by atoms with E-state index in [9.17, 15) is 22.4 Å². The first kappa shape index (κ1) is 22.4. The Morgan fingerprint density at radius 2 is 2.07 bits per heavy atom. The number of methoxy groups -OCH3 is 1. The summed E-state index contributed by atoms with van der Waals surface area (Å²) in [5.41, 5.74) is -1.89. The van der Waals surface area contributed by atoms with Crippen LogP contribution in [-0.4, -0.2) is 42.1 Å². The van der Waals surface area contributed by atoms with E-state index in [4.69, 9.17) is 9.47 Å². The third kappa shape index (κ3) is 4.39. The van der Waals surface area contributed by atoms with E-state index in [1.807, 2.05) is 0 Å². The van der Waals surface area contributed by atoms with Gasteiger partial charge in [-0.05, 0) is 37.8 Å². The van der Waals surface area contributed by atoms with Crippen molar-refractivity contribution in [2.45, 2.75) is 42.2 Å². The van der Waals surface area contributed by atoms with Gasteiger partial charge >= 0.3 is 6.18 Å². The number of ether oxygens (including phenoxy) is 2. The van der Waals surface area contributed by atoms with Crippen LogP contribution in [0.1, 0.15) is 24.8 Å². The van der Waals surface area contributed by atoms with Gasteiger partial charge < -0.3 is 14.8 Å². The van der Waals surface area contributed by atoms with Gasteiger partial charge in [0.15, 0.2) is 5.60 Å². The number of carbonyl (C=O) groups excluding carboxylic acids is 1. The van der Waals surface area contributed by atoms with Crippen molar-refractivity contribution in [1.29, 1.82) is 0 Å². The molecule has 1 aliphatic heterocycles. The summed E-state index contributed by atoms with van der Waals surface area (Å²) >= 11 is 1.35. The molecule has 0 bridgehead atoms. The topological polar surface area (TPSA) is 60.5 Å². The Hall–Kier alpha value is -2.33. The lowest BCUT2D eigenvalue weighted by molar-refractivity contribution is -0.261. The zero-order valence-corrected chi connectivity index (χ0v) is 17.2. The number of nitrogens with one attached hydrogen (secondary N) is 1. The van der Waals surface area contributed by atoms with E-state index in [2.05, 4.69) is 10.3 Å². The lowest BCUT2D eigenvalue weighted by Gasteiger charge is -2.27. The monoisotopic (exact) mass is 444 g/mol. The van der Waals surface area contributed by atoms with E-state index >= 15 is 0 Å². The highest BCUT2D eigenvalue weighted by Crippen LogP contribution is 2.51. The molecule has 2 heterocycles. The number of halogens is 4. The molecule has 1 aliphatic rings. The van der Waals surface area contributed by atoms with Gasteiger partial charge in [-0.1, -0.05) is 6.07 Å². The van der Waals surface area contributed by atoms with E-state index in [1.165, 1.54) is 37.2 Å². The first-order valence-corrected chi connectivity index (χ1v) is 10.2. The predicted molar refractivity (Wildman–Crippen MR) is 104 cm³/mol. The first-order chi connectivity index (χ1) is 14.1. The van der Waals surface area contributed by atoms with E-state index in [-0.39, 0.29) is 11.3 Å². The van der Waals surface area contributed by atoms with Crippen LogP contribution in [0.4, 0.5) is 23.2 Å². The second-order valence-corrected chi connectivity index (χ2v) is 7.87. The molecule has 0 radical (unpaired) electrons. The lowest BCUT2D eigenvalue weighted by Crippen LogP contribution is -2.43. The van der Waals surface area contributed by atoms with Crippen LogP contribution in [0.2, 0.25) is 0 Å². The maximum absolute atomic E-state index is 13.7. The van der Waals surface area contributed by atoms with Crippen LogP contribution in [0.25, 0.3) is 0 Å². The molecule has 1 saturated heterocycles. The van der Waals surface area contributed by atoms with Crippen LogP contribution in [0.3, 0.4) is 0 Å². The SMILES string of the molecule is COc1cc(F)ccc1[C@@H]1C[C@](C)(C(F)(F)F)O[C@H]1C(=O)Nc1ccnc(SC)c1. The van der Waals surface area contributed by atoms with Crippen molar-refractivity contribution in [3.05, 3.63) is 47.9 Å². The van der Waals surface area contributed by atoms with Gasteiger partial charge in [0.1, 0.15) is 17.7 Å². The normalized spacial score (nSPS) is 24.0. The molecule has 5 nitrogen and oxygen atoms in total. The predicted octanol–water partition coefficient (Wildman–Crippen LogP) is 4.78. The van der Waals surface area contributed by atoms with Crippen LogP contribution in [-0.2, 0) is 9.53 Å². The molecule has 1 aromatic heterocycles. The zero-order chi connectivity index (χ0) is 22.1. The molecule has 30 heavy (non-hydrogen) atoms. The molecule has 0 aliphatic carbocycles. The van der Waals surface area contributed by atoms with Crippen LogP contribution in [0.5, 0.6) is 5.75 Å². The molecular formula is C20H20F4N2O3S. The number of aromatic nitrogens is 1. The average Bonchev–Trinajstić information content (AvgIpc) is 3.07. The number of benzene rings is 1. The van der Waals surface area contributed by atoms with Gasteiger partial charge in [-0.3, -0.25) is 4.79 Å². The highest BCUT2D eigenvalue weighted by molar-refractivity contribution is 7.98. The highest BCUT2D eigenvalue weighted by atomic mass is 32.2. The third-order valence-electron chi connectivity index (χ3n) is 5.03. The molecule has 162 valence electrons. The standard InChI is InChI=1S/C20H20F4N2O3S/c1-19(20(22,23)24)10-14(13-5-4-11(21)8-15(13)28-2)17(29-19)18(27)26-12-6-7-25-16(9-12)30-3/h4-9,14,17H,10H2,1-3H3,(H,25,26,27)/t14-,17+,19+/m0/s1. The second-order valence-electron chi connectivity index (χ2n) is 7.04. The van der Waals surface area contributed by atoms with Crippen molar-refractivity contribution < 1.29 is 31.8 Å². The number of hydrogen-bond acceptors (Lipinski definition) is 5. The van der Waals surface area contributed by atoms with E-state index < -0.39 is 41.9 Å². The Kier molecular flexibility index (Phi) is 6.28. The number of rotatable bonds is 5. The Balaban J connectivity index is 1.97. The fourth-order valence-electron chi connectivity index (χ4n) is 3.43. The molecule has 2 aromatic rings. The largest absolute Gasteiger partial charge is 0.496 e. The summed E-state index contributed by atoms with van der Waals surface area (Å²) in [5.74, 6) is -2.27. The minimum absolute atomic E-state index is 0.0569. The summed E-state index contributed by atoms with van der Waals surface area (Å²) in [7, 11) is 1.28. The summed E-state index contributed by atoms with van der Waals surface area (Å²) in [5, 5.41) is 3.23. The van der Waals surface area contributed by atoms with E-state index in [0.717, 1.165) is 19.1 Å². The molecule has 10 heteroatoms. The first-order valence-electron chi connectivity index (χ1n) is 8.97. The lowest BCUT2D eigenvalue weighted by atomic mass is 9.86. The molecule has 3 rings (SSSR count). The van der Waals surface area contributed by atoms with E-state index in [1.54, 1.807) is 12.3 Å². The number of thioether (sulfide) groups is 1. The van der Waals surface area contributed by atoms with Crippen molar-refractivity contribution in [3.8, 4) is 5.75 Å². The zero-order valence-electron chi connectivity index (χ0n) is 16.4. The minimum Gasteiger partial charge on any atom is -0.496 e. The summed E-state index contributed by atoms with van der Waals surface area (Å²) < 4.78 is 65.1. The van der Waals surface area contributed by atoms with Crippen LogP contribution in [0, 0.1) is 5.82 Å². The molecule has 1 amide bonds. The summed E-state index contributed by atoms with van der Waals surface area (Å²) in [6, 6.07) is 6.64. The minimum atomic E-state index is -4.70. The van der Waals surface area contributed by atoms with Gasteiger partial charge in [0.05, 0.1) is 12.1 Å². The smallest absolute Gasteiger partial charge is 0.417 e. The Morgan fingerprint density at radius 1 is 1.33 bits per heavy atom. The molecule has 1 fully saturated rings. The Morgan fingerprint density at radius 3 is 2.70 bits per heavy atom. The van der Waals surface area contributed by atoms with Crippen LogP contribution in [0.15, 0.2) is 41.6 Å². The molecule has 1 aromatic carbocycles. The van der Waals surface area contributed by atoms with Gasteiger partial charge in [0.25, 0.3) is 5.91 Å². The third-order valence-corrected chi connectivity index (χ3v) is 5.67. The fourth-order valence-corrected chi connectivity index (χ4v) is 3.84. The van der Waals surface area contributed by atoms with Gasteiger partial charge in [0, 0.05) is 29.4 Å². The quantitative estimate of drug-likeness (QED) is 0.531. The average molecular weight is 444 g/mol. The number of hydrogen-bond donors (Lipinski definition) is 1. The van der Waals surface area contributed by atoms with Crippen molar-refractivity contribution in [2.24, 2.45) is 0 Å². The van der Waals surface area contributed by atoms with Gasteiger partial charge in [-0.15, -0.1) is 11.8 Å². The van der Waals surface area contributed by atoms with E-state index in [0.29, 0.717) is 10.7 Å². The summed E-state index contributed by atoms with van der Waals surface area (Å²) in [6.45, 7) is 0.904. The summed E-state index contributed by atoms with van der Waals surface area (Å²) in [4.78, 5) is 17.0. The van der Waals surface area contributed by atoms with Gasteiger partial charge in [-0.2, -0.15) is 13.2 Å². The van der Waals surface area contributed by atoms with Gasteiger partial charge in [-0.25, -0.2) is 9.37 Å². The van der Waals surface area contributed by atoms with Crippen molar-refractivity contribution in [2.75, 3.05) is 18.7 Å². The van der Waals surface area contributed by atoms with Crippen molar-refractivity contribution >= 4 is 23.4 Å². The maximum atomic E-state index is 13.7. The number of alkyl halides is 3. The molecule has 0 unspecified atom stereocenters. The number of nitrogens with zero attached hydrogens (tertiary/aromatic N) is 1. The highest BCUT2D eigenvalue weighted by Gasteiger charge is 2.61. The van der Waals surface area contributed by atoms with Crippen LogP contribution >= 0.6 is 11.8 Å². The number of carbonyl (C=O) groups is 1. The summed E-state index contributed by atoms with van der Waals surface area (Å²) in [6.07, 6.45) is -3.38. The van der Waals surface area contributed by atoms with Gasteiger partial charge in [0.2, 0.25) is 0 Å².